The third-order valence-electron chi connectivity index (χ3n) is 3.86. The highest BCUT2D eigenvalue weighted by atomic mass is 32.2. The summed E-state index contributed by atoms with van der Waals surface area (Å²) in [5, 5.41) is 3.30. The number of hydrogen-bond acceptors (Lipinski definition) is 3. The van der Waals surface area contributed by atoms with E-state index in [0.717, 1.165) is 32.2 Å². The van der Waals surface area contributed by atoms with E-state index in [2.05, 4.69) is 5.32 Å². The Morgan fingerprint density at radius 3 is 2.65 bits per heavy atom. The summed E-state index contributed by atoms with van der Waals surface area (Å²) in [6, 6.07) is 10.1. The van der Waals surface area contributed by atoms with E-state index >= 15 is 0 Å². The maximum absolute atomic E-state index is 12.3. The third kappa shape index (κ3) is 4.58. The molecule has 1 aliphatic heterocycles. The Balaban J connectivity index is 1.85. The van der Waals surface area contributed by atoms with E-state index in [1.807, 2.05) is 30.3 Å². The third-order valence-corrected chi connectivity index (χ3v) is 5.81. The molecular weight excluding hydrogens is 272 g/mol. The van der Waals surface area contributed by atoms with Gasteiger partial charge >= 0.3 is 0 Å². The number of piperidine rings is 1. The number of likely N-dealkylation sites (N-methyl/N-ethyl adjacent to an activating group) is 1. The first-order valence-electron chi connectivity index (χ1n) is 7.29. The van der Waals surface area contributed by atoms with Crippen LogP contribution in [0.1, 0.15) is 24.8 Å². The Hall–Kier alpha value is -0.910. The molecule has 0 bridgehead atoms. The number of rotatable bonds is 6. The lowest BCUT2D eigenvalue weighted by Crippen LogP contribution is -2.43. The molecule has 0 saturated carbocycles. The SMILES string of the molecule is CN(CCc1ccccc1)S(=O)(=O)CC1CCCCN1. The number of sulfonamides is 1. The van der Waals surface area contributed by atoms with Gasteiger partial charge in [-0.1, -0.05) is 36.8 Å². The average Bonchev–Trinajstić information content (AvgIpc) is 2.46. The van der Waals surface area contributed by atoms with Gasteiger partial charge in [-0.15, -0.1) is 0 Å². The van der Waals surface area contributed by atoms with Crippen molar-refractivity contribution in [2.24, 2.45) is 0 Å². The first kappa shape index (κ1) is 15.5. The van der Waals surface area contributed by atoms with Crippen LogP contribution in [0, 0.1) is 0 Å². The molecule has 112 valence electrons. The van der Waals surface area contributed by atoms with Crippen LogP contribution in [0.3, 0.4) is 0 Å². The fourth-order valence-corrected chi connectivity index (χ4v) is 3.93. The largest absolute Gasteiger partial charge is 0.313 e. The second kappa shape index (κ2) is 7.20. The van der Waals surface area contributed by atoms with Crippen molar-refractivity contribution in [2.45, 2.75) is 31.7 Å². The zero-order valence-electron chi connectivity index (χ0n) is 12.1. The van der Waals surface area contributed by atoms with Crippen molar-refractivity contribution in [2.75, 3.05) is 25.9 Å². The van der Waals surface area contributed by atoms with Gasteiger partial charge in [-0.3, -0.25) is 0 Å². The molecule has 0 spiro atoms. The Morgan fingerprint density at radius 2 is 2.00 bits per heavy atom. The van der Waals surface area contributed by atoms with Gasteiger partial charge in [0.1, 0.15) is 0 Å². The summed E-state index contributed by atoms with van der Waals surface area (Å²) in [6.45, 7) is 1.48. The van der Waals surface area contributed by atoms with Crippen LogP contribution in [-0.2, 0) is 16.4 Å². The first-order chi connectivity index (χ1) is 9.58. The Morgan fingerprint density at radius 1 is 1.25 bits per heavy atom. The molecule has 0 aliphatic carbocycles. The molecule has 1 atom stereocenters. The molecule has 4 nitrogen and oxygen atoms in total. The van der Waals surface area contributed by atoms with Crippen molar-refractivity contribution in [3.8, 4) is 0 Å². The lowest BCUT2D eigenvalue weighted by molar-refractivity contribution is 0.409. The van der Waals surface area contributed by atoms with Crippen LogP contribution < -0.4 is 5.32 Å². The molecule has 1 unspecified atom stereocenters. The van der Waals surface area contributed by atoms with E-state index in [1.54, 1.807) is 7.05 Å². The Bertz CT molecular complexity index is 496. The molecule has 2 rings (SSSR count). The molecule has 0 amide bonds. The molecule has 0 aromatic heterocycles. The molecular formula is C15H24N2O2S. The van der Waals surface area contributed by atoms with Gasteiger partial charge in [0.25, 0.3) is 0 Å². The molecule has 1 fully saturated rings. The molecule has 1 aromatic rings. The minimum Gasteiger partial charge on any atom is -0.313 e. The van der Waals surface area contributed by atoms with Crippen molar-refractivity contribution >= 4 is 10.0 Å². The lowest BCUT2D eigenvalue weighted by Gasteiger charge is -2.26. The Labute approximate surface area is 122 Å². The summed E-state index contributed by atoms with van der Waals surface area (Å²) in [5.74, 6) is 0.221. The van der Waals surface area contributed by atoms with Crippen molar-refractivity contribution in [1.82, 2.24) is 9.62 Å². The normalized spacial score (nSPS) is 20.2. The van der Waals surface area contributed by atoms with Gasteiger partial charge in [0, 0.05) is 19.6 Å². The maximum atomic E-state index is 12.3. The van der Waals surface area contributed by atoms with Gasteiger partial charge in [-0.05, 0) is 31.4 Å². The molecule has 5 heteroatoms. The Kier molecular flexibility index (Phi) is 5.57. The van der Waals surface area contributed by atoms with Crippen LogP contribution in [0.2, 0.25) is 0 Å². The summed E-state index contributed by atoms with van der Waals surface area (Å²) < 4.78 is 26.1. The van der Waals surface area contributed by atoms with Crippen LogP contribution in [0.15, 0.2) is 30.3 Å². The van der Waals surface area contributed by atoms with E-state index < -0.39 is 10.0 Å². The predicted octanol–water partition coefficient (Wildman–Crippen LogP) is 1.63. The van der Waals surface area contributed by atoms with Gasteiger partial charge in [0.2, 0.25) is 10.0 Å². The van der Waals surface area contributed by atoms with E-state index in [1.165, 1.54) is 9.87 Å². The smallest absolute Gasteiger partial charge is 0.215 e. The van der Waals surface area contributed by atoms with Crippen LogP contribution in [0.5, 0.6) is 0 Å². The maximum Gasteiger partial charge on any atom is 0.215 e. The molecule has 0 radical (unpaired) electrons. The molecule has 1 N–H and O–H groups in total. The van der Waals surface area contributed by atoms with Gasteiger partial charge in [0.15, 0.2) is 0 Å². The van der Waals surface area contributed by atoms with E-state index in [9.17, 15) is 8.42 Å². The van der Waals surface area contributed by atoms with Crippen LogP contribution in [0.25, 0.3) is 0 Å². The zero-order chi connectivity index (χ0) is 14.4. The first-order valence-corrected chi connectivity index (χ1v) is 8.90. The van der Waals surface area contributed by atoms with Gasteiger partial charge in [0.05, 0.1) is 5.75 Å². The van der Waals surface area contributed by atoms with Crippen molar-refractivity contribution in [1.29, 1.82) is 0 Å². The summed E-state index contributed by atoms with van der Waals surface area (Å²) in [4.78, 5) is 0. The highest BCUT2D eigenvalue weighted by Gasteiger charge is 2.24. The van der Waals surface area contributed by atoms with Crippen LogP contribution >= 0.6 is 0 Å². The molecule has 1 aliphatic rings. The predicted molar refractivity (Wildman–Crippen MR) is 82.2 cm³/mol. The number of nitrogens with one attached hydrogen (secondary N) is 1. The molecule has 1 aromatic carbocycles. The van der Waals surface area contributed by atoms with Crippen molar-refractivity contribution in [3.63, 3.8) is 0 Å². The lowest BCUT2D eigenvalue weighted by atomic mass is 10.1. The van der Waals surface area contributed by atoms with E-state index in [-0.39, 0.29) is 11.8 Å². The van der Waals surface area contributed by atoms with Crippen molar-refractivity contribution < 1.29 is 8.42 Å². The van der Waals surface area contributed by atoms with E-state index in [4.69, 9.17) is 0 Å². The topological polar surface area (TPSA) is 49.4 Å². The minimum absolute atomic E-state index is 0.118. The fourth-order valence-electron chi connectivity index (χ4n) is 2.52. The number of benzene rings is 1. The second-order valence-corrected chi connectivity index (χ2v) is 7.60. The zero-order valence-corrected chi connectivity index (χ0v) is 12.9. The van der Waals surface area contributed by atoms with Crippen LogP contribution in [0.4, 0.5) is 0 Å². The van der Waals surface area contributed by atoms with Crippen LogP contribution in [-0.4, -0.2) is 44.7 Å². The highest BCUT2D eigenvalue weighted by molar-refractivity contribution is 7.89. The summed E-state index contributed by atoms with van der Waals surface area (Å²) >= 11 is 0. The summed E-state index contributed by atoms with van der Waals surface area (Å²) in [7, 11) is -1.48. The minimum atomic E-state index is -3.16. The number of nitrogens with zero attached hydrogens (tertiary/aromatic N) is 1. The van der Waals surface area contributed by atoms with Gasteiger partial charge in [-0.2, -0.15) is 0 Å². The summed E-state index contributed by atoms with van der Waals surface area (Å²) in [5.41, 5.74) is 1.17. The summed E-state index contributed by atoms with van der Waals surface area (Å²) in [6.07, 6.45) is 4.00. The highest BCUT2D eigenvalue weighted by Crippen LogP contribution is 2.11. The van der Waals surface area contributed by atoms with Crippen molar-refractivity contribution in [3.05, 3.63) is 35.9 Å². The quantitative estimate of drug-likeness (QED) is 0.868. The number of hydrogen-bond donors (Lipinski definition) is 1. The molecule has 1 heterocycles. The van der Waals surface area contributed by atoms with E-state index in [0.29, 0.717) is 6.54 Å². The van der Waals surface area contributed by atoms with Gasteiger partial charge < -0.3 is 5.32 Å². The average molecular weight is 296 g/mol. The standard InChI is InChI=1S/C15H24N2O2S/c1-17(12-10-14-7-3-2-4-8-14)20(18,19)13-15-9-5-6-11-16-15/h2-4,7-8,15-16H,5-6,9-13H2,1H3. The molecule has 1 saturated heterocycles. The monoisotopic (exact) mass is 296 g/mol. The second-order valence-electron chi connectivity index (χ2n) is 5.48. The van der Waals surface area contributed by atoms with Gasteiger partial charge in [-0.25, -0.2) is 12.7 Å². The molecule has 20 heavy (non-hydrogen) atoms. The fraction of sp³-hybridized carbons (Fsp3) is 0.600.